The number of carboxylic acids is 1. The highest BCUT2D eigenvalue weighted by molar-refractivity contribution is 6.09. The Bertz CT molecular complexity index is 450. The number of pyridine rings is 1. The van der Waals surface area contributed by atoms with Gasteiger partial charge in [-0.2, -0.15) is 0 Å². The number of hydrogen-bond acceptors (Lipinski definition) is 3. The summed E-state index contributed by atoms with van der Waals surface area (Å²) in [6.07, 6.45) is 1.60. The Labute approximate surface area is 67.9 Å². The molecule has 0 saturated carbocycles. The lowest BCUT2D eigenvalue weighted by Gasteiger charge is -1.88. The van der Waals surface area contributed by atoms with E-state index in [-0.39, 0.29) is 6.54 Å². The Balaban J connectivity index is 2.82. The van der Waals surface area contributed by atoms with Gasteiger partial charge in [0.05, 0.1) is 12.1 Å². The van der Waals surface area contributed by atoms with Gasteiger partial charge in [-0.1, -0.05) is 0 Å². The summed E-state index contributed by atoms with van der Waals surface area (Å²) in [5.74, 6) is -0.912. The average molecular weight is 162 g/mol. The predicted molar refractivity (Wildman–Crippen MR) is 40.9 cm³/mol. The van der Waals surface area contributed by atoms with Gasteiger partial charge in [0.2, 0.25) is 0 Å². The second kappa shape index (κ2) is 2.41. The maximum Gasteiger partial charge on any atom is 0.334 e. The van der Waals surface area contributed by atoms with Crippen molar-refractivity contribution in [3.05, 3.63) is 29.0 Å². The Morgan fingerprint density at radius 2 is 2.42 bits per heavy atom. The summed E-state index contributed by atoms with van der Waals surface area (Å²) in [7, 11) is 0. The van der Waals surface area contributed by atoms with Crippen LogP contribution in [0.15, 0.2) is 23.3 Å². The molecule has 0 radical (unpaired) electrons. The third kappa shape index (κ3) is 0.887. The van der Waals surface area contributed by atoms with E-state index in [1.165, 1.54) is 0 Å². The predicted octanol–water partition coefficient (Wildman–Crippen LogP) is -1.05. The number of nitrogens with zero attached hydrogens (tertiary/aromatic N) is 2. The molecule has 0 bridgehead atoms. The van der Waals surface area contributed by atoms with Crippen molar-refractivity contribution in [3.8, 4) is 0 Å². The van der Waals surface area contributed by atoms with Gasteiger partial charge in [-0.05, 0) is 12.1 Å². The van der Waals surface area contributed by atoms with E-state index in [0.717, 1.165) is 0 Å². The maximum absolute atomic E-state index is 10.6. The van der Waals surface area contributed by atoms with Crippen LogP contribution in [0.3, 0.4) is 0 Å². The average Bonchev–Trinajstić information content (AvgIpc) is 2.47. The molecule has 1 aromatic heterocycles. The Kier molecular flexibility index (Phi) is 1.40. The number of aromatic nitrogens is 1. The standard InChI is InChI=1S/C8H6N2O2/c11-8(12)6-4-10-7-5(6)2-1-3-9-7/h1-3H,4H2,(H,11,12). The zero-order chi connectivity index (χ0) is 8.55. The van der Waals surface area contributed by atoms with Gasteiger partial charge in [-0.25, -0.2) is 9.78 Å². The summed E-state index contributed by atoms with van der Waals surface area (Å²) in [4.78, 5) is 18.6. The second-order valence-corrected chi connectivity index (χ2v) is 2.47. The van der Waals surface area contributed by atoms with Crippen LogP contribution in [-0.2, 0) is 4.79 Å². The molecule has 4 heteroatoms. The van der Waals surface area contributed by atoms with Gasteiger partial charge >= 0.3 is 5.97 Å². The minimum Gasteiger partial charge on any atom is -0.478 e. The molecule has 0 spiro atoms. The molecule has 2 heterocycles. The Hall–Kier alpha value is -1.71. The molecule has 60 valence electrons. The zero-order valence-electron chi connectivity index (χ0n) is 6.19. The highest BCUT2D eigenvalue weighted by Gasteiger charge is 2.12. The fourth-order valence-corrected chi connectivity index (χ4v) is 1.18. The summed E-state index contributed by atoms with van der Waals surface area (Å²) >= 11 is 0. The molecule has 12 heavy (non-hydrogen) atoms. The first-order valence-corrected chi connectivity index (χ1v) is 3.51. The van der Waals surface area contributed by atoms with Crippen molar-refractivity contribution in [3.63, 3.8) is 0 Å². The second-order valence-electron chi connectivity index (χ2n) is 2.47. The van der Waals surface area contributed by atoms with Crippen LogP contribution in [0.4, 0.5) is 0 Å². The third-order valence-electron chi connectivity index (χ3n) is 1.76. The molecule has 1 aliphatic heterocycles. The Morgan fingerprint density at radius 1 is 1.58 bits per heavy atom. The lowest BCUT2D eigenvalue weighted by molar-refractivity contribution is -0.130. The van der Waals surface area contributed by atoms with E-state index in [0.29, 0.717) is 16.3 Å². The van der Waals surface area contributed by atoms with E-state index in [1.54, 1.807) is 18.3 Å². The highest BCUT2D eigenvalue weighted by Crippen LogP contribution is 1.95. The monoisotopic (exact) mass is 162 g/mol. The lowest BCUT2D eigenvalue weighted by Crippen LogP contribution is -2.27. The SMILES string of the molecule is O=C(O)C1=c2cccnc2=NC1. The number of carbonyl (C=O) groups is 1. The van der Waals surface area contributed by atoms with Crippen molar-refractivity contribution in [2.75, 3.05) is 6.54 Å². The highest BCUT2D eigenvalue weighted by atomic mass is 16.4. The van der Waals surface area contributed by atoms with Crippen LogP contribution in [0.2, 0.25) is 0 Å². The molecule has 1 aliphatic rings. The molecule has 0 amide bonds. The van der Waals surface area contributed by atoms with E-state index in [1.807, 2.05) is 0 Å². The molecule has 0 saturated heterocycles. The molecule has 0 aliphatic carbocycles. The molecule has 2 rings (SSSR count). The van der Waals surface area contributed by atoms with Crippen molar-refractivity contribution < 1.29 is 9.90 Å². The summed E-state index contributed by atoms with van der Waals surface area (Å²) in [5, 5.41) is 9.38. The normalized spacial score (nSPS) is 13.8. The van der Waals surface area contributed by atoms with Crippen LogP contribution in [0.1, 0.15) is 0 Å². The quantitative estimate of drug-likeness (QED) is 0.573. The van der Waals surface area contributed by atoms with E-state index in [9.17, 15) is 4.79 Å². The summed E-state index contributed by atoms with van der Waals surface area (Å²) in [6.45, 7) is 0.238. The number of fused-ring (bicyclic) bond motifs is 1. The molecule has 1 aromatic rings. The van der Waals surface area contributed by atoms with Crippen molar-refractivity contribution in [2.24, 2.45) is 4.99 Å². The van der Waals surface area contributed by atoms with E-state index >= 15 is 0 Å². The fraction of sp³-hybridized carbons (Fsp3) is 0.125. The minimum absolute atomic E-state index is 0.238. The molecule has 1 N–H and O–H groups in total. The van der Waals surface area contributed by atoms with Gasteiger partial charge in [0.15, 0.2) is 5.49 Å². The number of hydrogen-bond donors (Lipinski definition) is 1. The molecule has 0 aromatic carbocycles. The van der Waals surface area contributed by atoms with Gasteiger partial charge in [0, 0.05) is 11.4 Å². The third-order valence-corrected chi connectivity index (χ3v) is 1.76. The van der Waals surface area contributed by atoms with Crippen LogP contribution in [0, 0.1) is 0 Å². The minimum atomic E-state index is -0.912. The molecule has 0 unspecified atom stereocenters. The van der Waals surface area contributed by atoms with Crippen molar-refractivity contribution in [2.45, 2.75) is 0 Å². The number of aliphatic carboxylic acids is 1. The van der Waals surface area contributed by atoms with E-state index < -0.39 is 5.97 Å². The van der Waals surface area contributed by atoms with Crippen LogP contribution in [-0.4, -0.2) is 22.6 Å². The van der Waals surface area contributed by atoms with Crippen LogP contribution in [0.5, 0.6) is 0 Å². The smallest absolute Gasteiger partial charge is 0.334 e. The van der Waals surface area contributed by atoms with Gasteiger partial charge in [-0.15, -0.1) is 0 Å². The van der Waals surface area contributed by atoms with Gasteiger partial charge < -0.3 is 5.11 Å². The maximum atomic E-state index is 10.6. The fourth-order valence-electron chi connectivity index (χ4n) is 1.18. The zero-order valence-corrected chi connectivity index (χ0v) is 6.19. The van der Waals surface area contributed by atoms with Gasteiger partial charge in [0.25, 0.3) is 0 Å². The topological polar surface area (TPSA) is 62.5 Å². The number of rotatable bonds is 1. The summed E-state index contributed by atoms with van der Waals surface area (Å²) < 4.78 is 0. The molecule has 0 fully saturated rings. The van der Waals surface area contributed by atoms with Crippen molar-refractivity contribution in [1.82, 2.24) is 4.98 Å². The van der Waals surface area contributed by atoms with Crippen molar-refractivity contribution in [1.29, 1.82) is 0 Å². The van der Waals surface area contributed by atoms with Crippen LogP contribution < -0.4 is 10.7 Å². The van der Waals surface area contributed by atoms with Crippen molar-refractivity contribution >= 4 is 11.5 Å². The number of carboxylic acid groups (broad SMARTS) is 1. The molecular weight excluding hydrogens is 156 g/mol. The molecule has 4 nitrogen and oxygen atoms in total. The summed E-state index contributed by atoms with van der Waals surface area (Å²) in [5.41, 5.74) is 0.869. The summed E-state index contributed by atoms with van der Waals surface area (Å²) in [6, 6.07) is 3.44. The molecular formula is C8H6N2O2. The van der Waals surface area contributed by atoms with E-state index in [4.69, 9.17) is 5.11 Å². The first-order valence-electron chi connectivity index (χ1n) is 3.51. The van der Waals surface area contributed by atoms with Crippen LogP contribution in [0.25, 0.3) is 5.57 Å². The first-order chi connectivity index (χ1) is 5.79. The lowest BCUT2D eigenvalue weighted by atomic mass is 10.2. The van der Waals surface area contributed by atoms with Crippen LogP contribution >= 0.6 is 0 Å². The first kappa shape index (κ1) is 6.97. The Morgan fingerprint density at radius 3 is 3.17 bits per heavy atom. The van der Waals surface area contributed by atoms with Gasteiger partial charge in [-0.3, -0.25) is 4.99 Å². The molecule has 0 atom stereocenters. The van der Waals surface area contributed by atoms with Gasteiger partial charge in [0.1, 0.15) is 0 Å². The van der Waals surface area contributed by atoms with E-state index in [2.05, 4.69) is 9.98 Å². The largest absolute Gasteiger partial charge is 0.478 e.